The first-order valence-electron chi connectivity index (χ1n) is 5.84. The molecule has 0 heterocycles. The fraction of sp³-hybridized carbons (Fsp3) is 0.846. The van der Waals surface area contributed by atoms with E-state index < -0.39 is 17.5 Å². The third kappa shape index (κ3) is 12.7. The molecule has 0 bridgehead atoms. The Hall–Kier alpha value is 0.260. The Morgan fingerprint density at radius 1 is 1.06 bits per heavy atom. The van der Waals surface area contributed by atoms with Gasteiger partial charge in [0.1, 0.15) is 12.1 Å². The average molecular weight is 268 g/mol. The standard InChI is InChI=1S/C13H24O4.Na.H/c1-12(2,3)16-11(17-13(4,5)6)9-10(15)7-8-14;;/h8,11H,7,9H2,1-6H3;;. The van der Waals surface area contributed by atoms with Crippen LogP contribution in [0.4, 0.5) is 0 Å². The van der Waals surface area contributed by atoms with Crippen LogP contribution in [-0.2, 0) is 19.1 Å². The maximum absolute atomic E-state index is 11.4. The van der Waals surface area contributed by atoms with Crippen molar-refractivity contribution in [3.63, 3.8) is 0 Å². The van der Waals surface area contributed by atoms with Gasteiger partial charge in [-0.1, -0.05) is 0 Å². The minimum absolute atomic E-state index is 0. The third-order valence-electron chi connectivity index (χ3n) is 1.68. The Kier molecular flexibility index (Phi) is 9.64. The van der Waals surface area contributed by atoms with Gasteiger partial charge in [0, 0.05) is 0 Å². The molecule has 0 aliphatic heterocycles. The summed E-state index contributed by atoms with van der Waals surface area (Å²) < 4.78 is 11.3. The van der Waals surface area contributed by atoms with Crippen molar-refractivity contribution in [1.82, 2.24) is 0 Å². The van der Waals surface area contributed by atoms with Gasteiger partial charge in [0.25, 0.3) is 0 Å². The quantitative estimate of drug-likeness (QED) is 0.319. The van der Waals surface area contributed by atoms with Crippen LogP contribution in [0.2, 0.25) is 0 Å². The molecular formula is C13H25NaO4. The first-order chi connectivity index (χ1) is 7.53. The van der Waals surface area contributed by atoms with Gasteiger partial charge >= 0.3 is 29.6 Å². The van der Waals surface area contributed by atoms with E-state index in [9.17, 15) is 9.59 Å². The fourth-order valence-electron chi connectivity index (χ4n) is 1.26. The van der Waals surface area contributed by atoms with E-state index in [1.54, 1.807) is 0 Å². The van der Waals surface area contributed by atoms with Crippen molar-refractivity contribution < 1.29 is 19.1 Å². The summed E-state index contributed by atoms with van der Waals surface area (Å²) in [4.78, 5) is 21.7. The molecule has 0 amide bonds. The van der Waals surface area contributed by atoms with Crippen molar-refractivity contribution in [2.45, 2.75) is 71.9 Å². The molecule has 18 heavy (non-hydrogen) atoms. The number of ketones is 1. The van der Waals surface area contributed by atoms with Gasteiger partial charge in [-0.05, 0) is 41.5 Å². The van der Waals surface area contributed by atoms with Crippen molar-refractivity contribution in [3.05, 3.63) is 0 Å². The van der Waals surface area contributed by atoms with Crippen molar-refractivity contribution in [2.24, 2.45) is 0 Å². The molecule has 5 heteroatoms. The number of aldehydes is 1. The predicted molar refractivity (Wildman–Crippen MR) is 72.9 cm³/mol. The van der Waals surface area contributed by atoms with Gasteiger partial charge in [-0.2, -0.15) is 0 Å². The van der Waals surface area contributed by atoms with E-state index in [1.165, 1.54) is 0 Å². The Bertz CT molecular complexity index is 247. The van der Waals surface area contributed by atoms with Crippen molar-refractivity contribution in [2.75, 3.05) is 0 Å². The monoisotopic (exact) mass is 268 g/mol. The van der Waals surface area contributed by atoms with Gasteiger partial charge in [0.15, 0.2) is 6.29 Å². The summed E-state index contributed by atoms with van der Waals surface area (Å²) in [6.45, 7) is 11.4. The molecule has 0 atom stereocenters. The van der Waals surface area contributed by atoms with E-state index in [0.29, 0.717) is 6.29 Å². The van der Waals surface area contributed by atoms with E-state index in [-0.39, 0.29) is 48.2 Å². The van der Waals surface area contributed by atoms with Crippen LogP contribution in [0.25, 0.3) is 0 Å². The fourth-order valence-corrected chi connectivity index (χ4v) is 1.26. The molecule has 0 aromatic heterocycles. The zero-order valence-electron chi connectivity index (χ0n) is 11.7. The molecule has 0 aliphatic rings. The SMILES string of the molecule is CC(C)(C)OC(CC(=O)CC=O)OC(C)(C)C.[NaH]. The van der Waals surface area contributed by atoms with Gasteiger partial charge in [-0.3, -0.25) is 4.79 Å². The molecule has 4 nitrogen and oxygen atoms in total. The molecule has 0 fully saturated rings. The Balaban J connectivity index is 0. The van der Waals surface area contributed by atoms with Crippen LogP contribution < -0.4 is 0 Å². The molecule has 0 aromatic carbocycles. The van der Waals surface area contributed by atoms with Crippen molar-refractivity contribution in [1.29, 1.82) is 0 Å². The molecule has 0 saturated heterocycles. The van der Waals surface area contributed by atoms with E-state index in [0.717, 1.165) is 0 Å². The minimum atomic E-state index is -0.609. The second-order valence-electron chi connectivity index (χ2n) is 6.00. The third-order valence-corrected chi connectivity index (χ3v) is 1.68. The van der Waals surface area contributed by atoms with E-state index >= 15 is 0 Å². The summed E-state index contributed by atoms with van der Waals surface area (Å²) in [6, 6.07) is 0. The van der Waals surface area contributed by atoms with Crippen LogP contribution in [0.15, 0.2) is 0 Å². The van der Waals surface area contributed by atoms with E-state index in [1.807, 2.05) is 41.5 Å². The van der Waals surface area contributed by atoms with Crippen LogP contribution in [0.1, 0.15) is 54.4 Å². The second kappa shape index (κ2) is 8.43. The molecule has 0 saturated carbocycles. The summed E-state index contributed by atoms with van der Waals surface area (Å²) in [5.74, 6) is -0.168. The summed E-state index contributed by atoms with van der Waals surface area (Å²) in [5, 5.41) is 0. The van der Waals surface area contributed by atoms with E-state index in [2.05, 4.69) is 0 Å². The summed E-state index contributed by atoms with van der Waals surface area (Å²) in [7, 11) is 0. The molecule has 0 unspecified atom stereocenters. The molecule has 0 aliphatic carbocycles. The van der Waals surface area contributed by atoms with Crippen LogP contribution in [-0.4, -0.2) is 59.1 Å². The van der Waals surface area contributed by atoms with E-state index in [4.69, 9.17) is 9.47 Å². The van der Waals surface area contributed by atoms with Crippen LogP contribution in [0.3, 0.4) is 0 Å². The number of hydrogen-bond acceptors (Lipinski definition) is 4. The number of Topliss-reactive ketones (excluding diaryl/α,β-unsaturated/α-hetero) is 1. The number of rotatable bonds is 6. The molecule has 102 valence electrons. The Morgan fingerprint density at radius 2 is 1.44 bits per heavy atom. The van der Waals surface area contributed by atoms with Crippen molar-refractivity contribution >= 4 is 41.6 Å². The van der Waals surface area contributed by atoms with Gasteiger partial charge in [-0.15, -0.1) is 0 Å². The van der Waals surface area contributed by atoms with Gasteiger partial charge < -0.3 is 14.3 Å². The number of ether oxygens (including phenoxy) is 2. The molecule has 0 N–H and O–H groups in total. The topological polar surface area (TPSA) is 52.6 Å². The van der Waals surface area contributed by atoms with Gasteiger partial charge in [0.2, 0.25) is 0 Å². The Morgan fingerprint density at radius 3 is 1.72 bits per heavy atom. The van der Waals surface area contributed by atoms with Crippen molar-refractivity contribution in [3.8, 4) is 0 Å². The molecular weight excluding hydrogens is 243 g/mol. The summed E-state index contributed by atoms with van der Waals surface area (Å²) in [5.41, 5.74) is -0.783. The van der Waals surface area contributed by atoms with Gasteiger partial charge in [0.05, 0.1) is 24.0 Å². The number of hydrogen-bond donors (Lipinski definition) is 0. The average Bonchev–Trinajstić information content (AvgIpc) is 1.96. The van der Waals surface area contributed by atoms with Gasteiger partial charge in [-0.25, -0.2) is 0 Å². The second-order valence-corrected chi connectivity index (χ2v) is 6.00. The van der Waals surface area contributed by atoms with Crippen LogP contribution in [0, 0.1) is 0 Å². The number of carbonyl (C=O) groups is 2. The Labute approximate surface area is 132 Å². The molecule has 0 rings (SSSR count). The van der Waals surface area contributed by atoms with Crippen LogP contribution in [0.5, 0.6) is 0 Å². The normalized spacial score (nSPS) is 12.2. The zero-order valence-corrected chi connectivity index (χ0v) is 11.7. The van der Waals surface area contributed by atoms with Crippen LogP contribution >= 0.6 is 0 Å². The maximum atomic E-state index is 11.4. The number of carbonyl (C=O) groups excluding carboxylic acids is 2. The zero-order chi connectivity index (χ0) is 13.7. The first kappa shape index (κ1) is 20.6. The summed E-state index contributed by atoms with van der Waals surface area (Å²) >= 11 is 0. The predicted octanol–water partition coefficient (Wildman–Crippen LogP) is 1.84. The first-order valence-corrected chi connectivity index (χ1v) is 5.84. The summed E-state index contributed by atoms with van der Waals surface area (Å²) in [6.07, 6.45) is 0.0145. The molecule has 0 spiro atoms. The molecule has 0 radical (unpaired) electrons. The molecule has 0 aromatic rings.